The molecular weight excluding hydrogens is 256 g/mol. The molecule has 8 heteroatoms. The van der Waals surface area contributed by atoms with Gasteiger partial charge in [0.1, 0.15) is 0 Å². The van der Waals surface area contributed by atoms with Crippen molar-refractivity contribution in [3.05, 3.63) is 12.2 Å². The highest BCUT2D eigenvalue weighted by molar-refractivity contribution is 8.13. The van der Waals surface area contributed by atoms with Gasteiger partial charge in [-0.1, -0.05) is 6.58 Å². The van der Waals surface area contributed by atoms with E-state index in [4.69, 9.17) is 4.74 Å². The second-order valence-electron chi connectivity index (χ2n) is 3.58. The van der Waals surface area contributed by atoms with Gasteiger partial charge >= 0.3 is 5.97 Å². The molecular formula is C10H14N4O3S. The van der Waals surface area contributed by atoms with Crippen molar-refractivity contribution in [2.45, 2.75) is 24.9 Å². The monoisotopic (exact) mass is 270 g/mol. The van der Waals surface area contributed by atoms with Crippen molar-refractivity contribution in [1.29, 1.82) is 0 Å². The van der Waals surface area contributed by atoms with Gasteiger partial charge in [-0.2, -0.15) is 0 Å². The van der Waals surface area contributed by atoms with Gasteiger partial charge in [0, 0.05) is 19.0 Å². The number of aromatic nitrogens is 4. The van der Waals surface area contributed by atoms with Gasteiger partial charge < -0.3 is 4.74 Å². The second kappa shape index (κ2) is 6.90. The molecule has 0 saturated carbocycles. The number of rotatable bonds is 6. The van der Waals surface area contributed by atoms with Crippen LogP contribution in [0.25, 0.3) is 0 Å². The van der Waals surface area contributed by atoms with Crippen LogP contribution in [-0.4, -0.2) is 37.9 Å². The van der Waals surface area contributed by atoms with Gasteiger partial charge in [0.15, 0.2) is 5.12 Å². The summed E-state index contributed by atoms with van der Waals surface area (Å²) in [6.07, 6.45) is 0.761. The van der Waals surface area contributed by atoms with Crippen molar-refractivity contribution in [1.82, 2.24) is 20.2 Å². The lowest BCUT2D eigenvalue weighted by Crippen LogP contribution is -2.07. The van der Waals surface area contributed by atoms with E-state index in [1.54, 1.807) is 14.0 Å². The van der Waals surface area contributed by atoms with E-state index in [1.807, 2.05) is 0 Å². The molecule has 0 fully saturated rings. The van der Waals surface area contributed by atoms with Crippen molar-refractivity contribution in [2.75, 3.05) is 6.61 Å². The minimum atomic E-state index is -0.437. The minimum absolute atomic E-state index is 0.0701. The Bertz CT molecular complexity index is 458. The maximum absolute atomic E-state index is 11.5. The van der Waals surface area contributed by atoms with E-state index >= 15 is 0 Å². The number of nitrogens with zero attached hydrogens (tertiary/aromatic N) is 4. The Kier molecular flexibility index (Phi) is 5.50. The Hall–Kier alpha value is -1.70. The fourth-order valence-corrected chi connectivity index (χ4v) is 1.66. The molecule has 1 rings (SSSR count). The Balaban J connectivity index is 2.20. The van der Waals surface area contributed by atoms with Gasteiger partial charge in [0.05, 0.1) is 6.61 Å². The molecule has 0 aliphatic rings. The molecule has 1 heterocycles. The smallest absolute Gasteiger partial charge is 0.333 e. The topological polar surface area (TPSA) is 87.0 Å². The zero-order valence-corrected chi connectivity index (χ0v) is 11.1. The van der Waals surface area contributed by atoms with Gasteiger partial charge in [0.25, 0.3) is 0 Å². The summed E-state index contributed by atoms with van der Waals surface area (Å²) in [5.74, 6) is -0.437. The summed E-state index contributed by atoms with van der Waals surface area (Å²) in [4.78, 5) is 22.6. The summed E-state index contributed by atoms with van der Waals surface area (Å²) in [5, 5.41) is 11.1. The van der Waals surface area contributed by atoms with Crippen LogP contribution in [0.3, 0.4) is 0 Å². The lowest BCUT2D eigenvalue weighted by atomic mass is 10.3. The molecule has 0 aromatic carbocycles. The Morgan fingerprint density at radius 1 is 1.50 bits per heavy atom. The molecule has 1 aromatic heterocycles. The molecule has 0 bridgehead atoms. The molecule has 0 radical (unpaired) electrons. The number of esters is 1. The van der Waals surface area contributed by atoms with E-state index in [-0.39, 0.29) is 11.7 Å². The molecule has 98 valence electrons. The van der Waals surface area contributed by atoms with Crippen LogP contribution >= 0.6 is 11.8 Å². The van der Waals surface area contributed by atoms with Crippen molar-refractivity contribution in [3.63, 3.8) is 0 Å². The molecule has 18 heavy (non-hydrogen) atoms. The quantitative estimate of drug-likeness (QED) is 0.326. The first-order valence-electron chi connectivity index (χ1n) is 5.26. The van der Waals surface area contributed by atoms with Gasteiger partial charge in [-0.15, -0.1) is 5.10 Å². The zero-order valence-electron chi connectivity index (χ0n) is 10.3. The SMILES string of the molecule is C=C(C)C(=O)OCCCC(=O)Sc1nnnn1C. The third-order valence-corrected chi connectivity index (χ3v) is 2.85. The van der Waals surface area contributed by atoms with Gasteiger partial charge in [0.2, 0.25) is 5.16 Å². The summed E-state index contributed by atoms with van der Waals surface area (Å²) in [6, 6.07) is 0. The third-order valence-electron chi connectivity index (χ3n) is 1.89. The Morgan fingerprint density at radius 3 is 2.78 bits per heavy atom. The second-order valence-corrected chi connectivity index (χ2v) is 4.60. The molecule has 0 aliphatic heterocycles. The summed E-state index contributed by atoms with van der Waals surface area (Å²) < 4.78 is 6.29. The number of carbonyl (C=O) groups is 2. The van der Waals surface area contributed by atoms with Crippen molar-refractivity contribution >= 4 is 22.8 Å². The predicted molar refractivity (Wildman–Crippen MR) is 64.7 cm³/mol. The number of tetrazole rings is 1. The third kappa shape index (κ3) is 4.66. The average Bonchev–Trinajstić information content (AvgIpc) is 2.70. The molecule has 1 aromatic rings. The number of aryl methyl sites for hydroxylation is 1. The van der Waals surface area contributed by atoms with Gasteiger partial charge in [-0.05, 0) is 35.5 Å². The van der Waals surface area contributed by atoms with E-state index in [0.29, 0.717) is 23.6 Å². The van der Waals surface area contributed by atoms with Crippen LogP contribution in [0.15, 0.2) is 17.3 Å². The standard InChI is InChI=1S/C10H14N4O3S/c1-7(2)9(16)17-6-4-5-8(15)18-10-11-12-13-14(10)3/h1,4-6H2,2-3H3. The fraction of sp³-hybridized carbons (Fsp3) is 0.500. The maximum Gasteiger partial charge on any atom is 0.333 e. The highest BCUT2D eigenvalue weighted by Gasteiger charge is 2.10. The molecule has 0 N–H and O–H groups in total. The molecule has 0 aliphatic carbocycles. The molecule has 7 nitrogen and oxygen atoms in total. The largest absolute Gasteiger partial charge is 0.462 e. The van der Waals surface area contributed by atoms with E-state index in [0.717, 1.165) is 11.8 Å². The first-order chi connectivity index (χ1) is 8.50. The van der Waals surface area contributed by atoms with E-state index in [1.165, 1.54) is 4.68 Å². The van der Waals surface area contributed by atoms with Crippen LogP contribution < -0.4 is 0 Å². The Labute approximate surface area is 109 Å². The highest BCUT2D eigenvalue weighted by Crippen LogP contribution is 2.16. The summed E-state index contributed by atoms with van der Waals surface area (Å²) in [5.41, 5.74) is 0.348. The van der Waals surface area contributed by atoms with Gasteiger partial charge in [-0.3, -0.25) is 4.79 Å². The summed E-state index contributed by atoms with van der Waals surface area (Å²) >= 11 is 0.972. The highest BCUT2D eigenvalue weighted by atomic mass is 32.2. The molecule has 0 amide bonds. The van der Waals surface area contributed by atoms with Crippen LogP contribution in [-0.2, 0) is 21.4 Å². The van der Waals surface area contributed by atoms with E-state index < -0.39 is 5.97 Å². The number of thioether (sulfide) groups is 1. The molecule has 0 spiro atoms. The van der Waals surface area contributed by atoms with Crippen LogP contribution in [0.2, 0.25) is 0 Å². The molecule has 0 saturated heterocycles. The fourth-order valence-electron chi connectivity index (χ4n) is 0.965. The number of hydrogen-bond acceptors (Lipinski definition) is 7. The first-order valence-corrected chi connectivity index (χ1v) is 6.08. The van der Waals surface area contributed by atoms with E-state index in [9.17, 15) is 9.59 Å². The molecule has 0 unspecified atom stereocenters. The van der Waals surface area contributed by atoms with Crippen molar-refractivity contribution in [2.24, 2.45) is 7.05 Å². The lowest BCUT2D eigenvalue weighted by Gasteiger charge is -2.03. The number of carbonyl (C=O) groups excluding carboxylic acids is 2. The summed E-state index contributed by atoms with van der Waals surface area (Å²) in [6.45, 7) is 5.24. The molecule has 0 atom stereocenters. The van der Waals surface area contributed by atoms with Crippen LogP contribution in [0.5, 0.6) is 0 Å². The predicted octanol–water partition coefficient (Wildman–Crippen LogP) is 0.728. The minimum Gasteiger partial charge on any atom is -0.462 e. The normalized spacial score (nSPS) is 10.1. The lowest BCUT2D eigenvalue weighted by molar-refractivity contribution is -0.139. The first kappa shape index (κ1) is 14.4. The summed E-state index contributed by atoms with van der Waals surface area (Å²) in [7, 11) is 1.66. The Morgan fingerprint density at radius 2 is 2.22 bits per heavy atom. The van der Waals surface area contributed by atoms with Gasteiger partial charge in [-0.25, -0.2) is 9.48 Å². The zero-order chi connectivity index (χ0) is 13.5. The van der Waals surface area contributed by atoms with E-state index in [2.05, 4.69) is 22.1 Å². The average molecular weight is 270 g/mol. The van der Waals surface area contributed by atoms with Crippen molar-refractivity contribution in [3.8, 4) is 0 Å². The number of hydrogen-bond donors (Lipinski definition) is 0. The maximum atomic E-state index is 11.5. The van der Waals surface area contributed by atoms with Crippen LogP contribution in [0.4, 0.5) is 0 Å². The van der Waals surface area contributed by atoms with Crippen LogP contribution in [0, 0.1) is 0 Å². The van der Waals surface area contributed by atoms with Crippen LogP contribution in [0.1, 0.15) is 19.8 Å². The van der Waals surface area contributed by atoms with Crippen molar-refractivity contribution < 1.29 is 14.3 Å². The number of ether oxygens (including phenoxy) is 1.